The maximum atomic E-state index is 10.7. The molecule has 0 saturated heterocycles. The predicted molar refractivity (Wildman–Crippen MR) is 203 cm³/mol. The summed E-state index contributed by atoms with van der Waals surface area (Å²) in [6.07, 6.45) is 5.13. The Balaban J connectivity index is -0.0000000356. The van der Waals surface area contributed by atoms with E-state index in [1.165, 1.54) is 5.56 Å². The van der Waals surface area contributed by atoms with Crippen LogP contribution in [-0.2, 0) is 14.4 Å². The van der Waals surface area contributed by atoms with Crippen LogP contribution in [0.4, 0.5) is 0 Å². The van der Waals surface area contributed by atoms with E-state index in [1.54, 1.807) is 19.1 Å². The summed E-state index contributed by atoms with van der Waals surface area (Å²) >= 11 is 0. The van der Waals surface area contributed by atoms with E-state index in [-0.39, 0.29) is 77.2 Å². The second kappa shape index (κ2) is 44.9. The maximum absolute atomic E-state index is 10.7. The molecule has 0 radical (unpaired) electrons. The zero-order valence-corrected chi connectivity index (χ0v) is 24.4. The van der Waals surface area contributed by atoms with Gasteiger partial charge < -0.3 is 10.2 Å². The summed E-state index contributed by atoms with van der Waals surface area (Å²) in [4.78, 5) is 42.0. The molecule has 1 aromatic carbocycles. The normalized spacial score (nSPS) is 10.7. The standard InChI is InChI=1S/C11H14O2.2C7H14O.C5H10O2.8CH4/c1-3-8(2)9-4-6-10(7-5-9)11(12)13;2*1-4-6(3)7(8)5-2;1-3-4(2)5(6)7;;;;;;;;/h4-8H,3H2,1-2H3,(H,12,13);2*6H,4-5H2,1-3H3;4H,3H2,1-2H3,(H,6,7);8*1H4. The summed E-state index contributed by atoms with van der Waals surface area (Å²) < 4.78 is 0. The monoisotopic (exact) mass is 637 g/mol. The number of aromatic carboxylic acids is 1. The van der Waals surface area contributed by atoms with Gasteiger partial charge in [-0.05, 0) is 49.3 Å². The van der Waals surface area contributed by atoms with Crippen LogP contribution in [0, 0.1) is 17.8 Å². The highest BCUT2D eigenvalue weighted by molar-refractivity contribution is 5.87. The molecule has 2 N–H and O–H groups in total. The van der Waals surface area contributed by atoms with Crippen molar-refractivity contribution in [2.45, 2.75) is 173 Å². The number of benzene rings is 1. The molecule has 0 aliphatic carbocycles. The lowest BCUT2D eigenvalue weighted by Gasteiger charge is -2.08. The van der Waals surface area contributed by atoms with Gasteiger partial charge in [0.1, 0.15) is 11.6 Å². The van der Waals surface area contributed by atoms with Crippen molar-refractivity contribution in [1.29, 1.82) is 0 Å². The molecule has 1 rings (SSSR count). The van der Waals surface area contributed by atoms with E-state index in [2.05, 4.69) is 13.8 Å². The fourth-order valence-corrected chi connectivity index (χ4v) is 2.52. The summed E-state index contributed by atoms with van der Waals surface area (Å²) in [6, 6.07) is 7.09. The molecule has 0 spiro atoms. The fourth-order valence-electron chi connectivity index (χ4n) is 2.52. The Kier molecular flexibility index (Phi) is 74.7. The number of carboxylic acids is 2. The third kappa shape index (κ3) is 37.5. The van der Waals surface area contributed by atoms with Crippen molar-refractivity contribution in [2.75, 3.05) is 0 Å². The van der Waals surface area contributed by atoms with Crippen molar-refractivity contribution in [1.82, 2.24) is 0 Å². The van der Waals surface area contributed by atoms with Gasteiger partial charge in [-0.3, -0.25) is 14.4 Å². The highest BCUT2D eigenvalue weighted by Gasteiger charge is 2.07. The molecule has 0 fully saturated rings. The van der Waals surface area contributed by atoms with Crippen molar-refractivity contribution >= 4 is 23.5 Å². The number of carboxylic acid groups (broad SMARTS) is 2. The van der Waals surface area contributed by atoms with Gasteiger partial charge in [0, 0.05) is 24.7 Å². The minimum atomic E-state index is -0.865. The molecule has 6 heteroatoms. The molecule has 1 aromatic rings. The van der Waals surface area contributed by atoms with Crippen molar-refractivity contribution in [3.05, 3.63) is 35.4 Å². The largest absolute Gasteiger partial charge is 0.481 e. The second-order valence-corrected chi connectivity index (χ2v) is 9.14. The Labute approximate surface area is 278 Å². The van der Waals surface area contributed by atoms with Crippen LogP contribution in [0.1, 0.15) is 189 Å². The van der Waals surface area contributed by atoms with Crippen LogP contribution in [0.15, 0.2) is 24.3 Å². The molecular weight excluding hydrogens is 552 g/mol. The molecule has 0 saturated carbocycles. The number of aliphatic carboxylic acids is 1. The molecule has 272 valence electrons. The van der Waals surface area contributed by atoms with E-state index in [0.717, 1.165) is 25.7 Å². The van der Waals surface area contributed by atoms with Crippen molar-refractivity contribution < 1.29 is 29.4 Å². The molecule has 4 atom stereocenters. The van der Waals surface area contributed by atoms with Gasteiger partial charge in [-0.2, -0.15) is 0 Å². The Bertz CT molecular complexity index is 718. The summed E-state index contributed by atoms with van der Waals surface area (Å²) in [5.41, 5.74) is 1.56. The first-order valence-corrected chi connectivity index (χ1v) is 13.4. The number of carbonyl (C=O) groups is 4. The van der Waals surface area contributed by atoms with E-state index >= 15 is 0 Å². The predicted octanol–water partition coefficient (Wildman–Crippen LogP) is 13.1. The van der Waals surface area contributed by atoms with Crippen LogP contribution in [0.25, 0.3) is 0 Å². The number of carbonyl (C=O) groups excluding carboxylic acids is 2. The number of hydrogen-bond acceptors (Lipinski definition) is 4. The van der Waals surface area contributed by atoms with Gasteiger partial charge in [-0.1, -0.05) is 141 Å². The van der Waals surface area contributed by atoms with Crippen LogP contribution >= 0.6 is 0 Å². The third-order valence-electron chi connectivity index (χ3n) is 6.39. The number of rotatable bonds is 11. The molecule has 0 aliphatic rings. The van der Waals surface area contributed by atoms with Crippen LogP contribution in [0.2, 0.25) is 0 Å². The lowest BCUT2D eigenvalue weighted by molar-refractivity contribution is -0.141. The van der Waals surface area contributed by atoms with E-state index < -0.39 is 11.9 Å². The molecule has 4 unspecified atom stereocenters. The van der Waals surface area contributed by atoms with E-state index in [4.69, 9.17) is 10.2 Å². The molecule has 0 aromatic heterocycles. The van der Waals surface area contributed by atoms with Gasteiger partial charge in [-0.25, -0.2) is 4.79 Å². The van der Waals surface area contributed by atoms with Gasteiger partial charge in [0.15, 0.2) is 0 Å². The zero-order chi connectivity index (χ0) is 28.8. The van der Waals surface area contributed by atoms with Crippen LogP contribution in [0.5, 0.6) is 0 Å². The van der Waals surface area contributed by atoms with Gasteiger partial charge in [-0.15, -0.1) is 0 Å². The molecule has 44 heavy (non-hydrogen) atoms. The first-order valence-electron chi connectivity index (χ1n) is 13.4. The van der Waals surface area contributed by atoms with E-state index in [1.807, 2.05) is 60.6 Å². The summed E-state index contributed by atoms with van der Waals surface area (Å²) in [7, 11) is 0. The van der Waals surface area contributed by atoms with Crippen LogP contribution in [0.3, 0.4) is 0 Å². The topological polar surface area (TPSA) is 109 Å². The number of Topliss-reactive ketones (excluding diaryl/α,β-unsaturated/α-hetero) is 2. The fraction of sp³-hybridized carbons (Fsp3) is 0.737. The Morgan fingerprint density at radius 2 is 0.818 bits per heavy atom. The molecule has 0 heterocycles. The Morgan fingerprint density at radius 1 is 0.523 bits per heavy atom. The first-order chi connectivity index (χ1) is 16.8. The SMILES string of the molecule is C.C.C.C.C.C.C.C.CCC(=O)C(C)CC.CCC(=O)C(C)CC.CCC(C)C(=O)O.CCC(C)c1ccc(C(=O)O)cc1. The van der Waals surface area contributed by atoms with E-state index in [0.29, 0.717) is 35.9 Å². The van der Waals surface area contributed by atoms with Crippen LogP contribution < -0.4 is 0 Å². The van der Waals surface area contributed by atoms with Gasteiger partial charge in [0.2, 0.25) is 0 Å². The smallest absolute Gasteiger partial charge is 0.335 e. The number of hydrogen-bond donors (Lipinski definition) is 2. The first kappa shape index (κ1) is 73.2. The van der Waals surface area contributed by atoms with E-state index in [9.17, 15) is 19.2 Å². The highest BCUT2D eigenvalue weighted by atomic mass is 16.4. The second-order valence-electron chi connectivity index (χ2n) is 9.14. The van der Waals surface area contributed by atoms with Gasteiger partial charge in [0.05, 0.1) is 11.5 Å². The molecule has 0 amide bonds. The summed E-state index contributed by atoms with van der Waals surface area (Å²) in [5.74, 6) is 0.0704. The Hall–Kier alpha value is -2.50. The molecule has 0 aliphatic heterocycles. The zero-order valence-electron chi connectivity index (χ0n) is 24.4. The van der Waals surface area contributed by atoms with Crippen molar-refractivity contribution in [3.63, 3.8) is 0 Å². The molecule has 6 nitrogen and oxygen atoms in total. The minimum absolute atomic E-state index is 0. The minimum Gasteiger partial charge on any atom is -0.481 e. The quantitative estimate of drug-likeness (QED) is 0.250. The Morgan fingerprint density at radius 3 is 0.955 bits per heavy atom. The summed E-state index contributed by atoms with van der Waals surface area (Å²) in [6.45, 7) is 19.7. The lowest BCUT2D eigenvalue weighted by atomic mass is 9.98. The lowest BCUT2D eigenvalue weighted by Crippen LogP contribution is -2.06. The summed E-state index contributed by atoms with van der Waals surface area (Å²) in [5, 5.41) is 16.9. The highest BCUT2D eigenvalue weighted by Crippen LogP contribution is 2.18. The maximum Gasteiger partial charge on any atom is 0.335 e. The third-order valence-corrected chi connectivity index (χ3v) is 6.39. The molecule has 0 bridgehead atoms. The van der Waals surface area contributed by atoms with Crippen LogP contribution in [-0.4, -0.2) is 33.7 Å². The van der Waals surface area contributed by atoms with Crippen molar-refractivity contribution in [2.24, 2.45) is 17.8 Å². The molecular formula is C38H84O6. The average molecular weight is 637 g/mol. The van der Waals surface area contributed by atoms with Gasteiger partial charge >= 0.3 is 11.9 Å². The number of ketones is 2. The van der Waals surface area contributed by atoms with Gasteiger partial charge in [0.25, 0.3) is 0 Å². The average Bonchev–Trinajstić information content (AvgIpc) is 2.90. The van der Waals surface area contributed by atoms with Crippen molar-refractivity contribution in [3.8, 4) is 0 Å².